The second-order valence-corrected chi connectivity index (χ2v) is 6.32. The summed E-state index contributed by atoms with van der Waals surface area (Å²) in [5, 5.41) is 4.65. The fourth-order valence-corrected chi connectivity index (χ4v) is 3.03. The Kier molecular flexibility index (Phi) is 4.02. The predicted octanol–water partition coefficient (Wildman–Crippen LogP) is 2.87. The normalized spacial score (nSPS) is 23.8. The van der Waals surface area contributed by atoms with E-state index in [0.29, 0.717) is 0 Å². The molecule has 1 aliphatic rings. The monoisotopic (exact) mass is 265 g/mol. The lowest BCUT2D eigenvalue weighted by molar-refractivity contribution is -0.0232. The molecule has 1 saturated heterocycles. The first-order chi connectivity index (χ1) is 8.84. The van der Waals surface area contributed by atoms with Crippen molar-refractivity contribution in [2.75, 3.05) is 0 Å². The summed E-state index contributed by atoms with van der Waals surface area (Å²) in [7, 11) is 0. The first-order valence-corrected chi connectivity index (χ1v) is 7.31. The van der Waals surface area contributed by atoms with E-state index in [1.165, 1.54) is 11.3 Å². The van der Waals surface area contributed by atoms with Crippen LogP contribution in [0.2, 0.25) is 0 Å². The van der Waals surface area contributed by atoms with Gasteiger partial charge in [0.05, 0.1) is 23.9 Å². The van der Waals surface area contributed by atoms with Crippen molar-refractivity contribution in [1.82, 2.24) is 9.78 Å². The molecule has 2 heterocycles. The van der Waals surface area contributed by atoms with Crippen molar-refractivity contribution in [3.05, 3.63) is 17.0 Å². The lowest BCUT2D eigenvalue weighted by Crippen LogP contribution is -2.24. The van der Waals surface area contributed by atoms with Gasteiger partial charge in [-0.05, 0) is 47.0 Å². The van der Waals surface area contributed by atoms with Crippen LogP contribution in [0, 0.1) is 13.8 Å². The summed E-state index contributed by atoms with van der Waals surface area (Å²) in [6, 6.07) is 0.0923. The summed E-state index contributed by atoms with van der Waals surface area (Å²) >= 11 is 0. The van der Waals surface area contributed by atoms with E-state index in [-0.39, 0.29) is 17.7 Å². The Hall–Kier alpha value is -0.870. The molecule has 0 spiro atoms. The molecule has 0 saturated carbocycles. The van der Waals surface area contributed by atoms with Crippen LogP contribution >= 0.6 is 0 Å². The molecule has 2 unspecified atom stereocenters. The third-order valence-electron chi connectivity index (χ3n) is 4.18. The minimum absolute atomic E-state index is 0.0173. The molecular formula is C15H27N3O. The quantitative estimate of drug-likeness (QED) is 0.910. The Bertz CT molecular complexity index is 450. The molecular weight excluding hydrogens is 238 g/mol. The first kappa shape index (κ1) is 14.5. The van der Waals surface area contributed by atoms with Gasteiger partial charge in [-0.3, -0.25) is 4.68 Å². The van der Waals surface area contributed by atoms with E-state index in [4.69, 9.17) is 10.5 Å². The molecule has 108 valence electrons. The van der Waals surface area contributed by atoms with Crippen LogP contribution in [-0.2, 0) is 11.3 Å². The van der Waals surface area contributed by atoms with Crippen LogP contribution in [0.25, 0.3) is 0 Å². The van der Waals surface area contributed by atoms with Gasteiger partial charge in [0.1, 0.15) is 0 Å². The summed E-state index contributed by atoms with van der Waals surface area (Å²) in [5.41, 5.74) is 9.66. The molecule has 0 bridgehead atoms. The summed E-state index contributed by atoms with van der Waals surface area (Å²) in [6.45, 7) is 11.4. The third kappa shape index (κ3) is 3.00. The van der Waals surface area contributed by atoms with Crippen molar-refractivity contribution in [2.24, 2.45) is 5.73 Å². The molecule has 0 aliphatic carbocycles. The summed E-state index contributed by atoms with van der Waals surface area (Å²) < 4.78 is 8.13. The van der Waals surface area contributed by atoms with Crippen molar-refractivity contribution in [3.63, 3.8) is 0 Å². The van der Waals surface area contributed by atoms with Crippen LogP contribution in [0.3, 0.4) is 0 Å². The van der Waals surface area contributed by atoms with Gasteiger partial charge < -0.3 is 10.5 Å². The van der Waals surface area contributed by atoms with Gasteiger partial charge in [-0.15, -0.1) is 0 Å². The molecule has 4 nitrogen and oxygen atoms in total. The fraction of sp³-hybridized carbons (Fsp3) is 0.800. The summed E-state index contributed by atoms with van der Waals surface area (Å²) in [6.07, 6.45) is 3.46. The predicted molar refractivity (Wildman–Crippen MR) is 77.1 cm³/mol. The Balaban J connectivity index is 2.14. The molecule has 1 aromatic rings. The van der Waals surface area contributed by atoms with Crippen molar-refractivity contribution < 1.29 is 4.74 Å². The van der Waals surface area contributed by atoms with E-state index in [1.807, 2.05) is 6.92 Å². The van der Waals surface area contributed by atoms with E-state index in [0.717, 1.165) is 31.5 Å². The van der Waals surface area contributed by atoms with Gasteiger partial charge >= 0.3 is 0 Å². The highest BCUT2D eigenvalue weighted by Gasteiger charge is 2.32. The van der Waals surface area contributed by atoms with Crippen LogP contribution in [0.15, 0.2) is 0 Å². The molecule has 2 rings (SSSR count). The molecule has 1 fully saturated rings. The average Bonchev–Trinajstić information content (AvgIpc) is 2.80. The number of rotatable bonds is 4. The van der Waals surface area contributed by atoms with Gasteiger partial charge in [-0.1, -0.05) is 6.92 Å². The molecule has 1 aliphatic heterocycles. The van der Waals surface area contributed by atoms with Gasteiger partial charge in [0.25, 0.3) is 0 Å². The third-order valence-corrected chi connectivity index (χ3v) is 4.18. The number of aromatic nitrogens is 2. The molecule has 2 atom stereocenters. The second-order valence-electron chi connectivity index (χ2n) is 6.32. The lowest BCUT2D eigenvalue weighted by atomic mass is 10.0. The molecule has 0 radical (unpaired) electrons. The highest BCUT2D eigenvalue weighted by atomic mass is 16.5. The smallest absolute Gasteiger partial charge is 0.0779 e. The Labute approximate surface area is 116 Å². The minimum atomic E-state index is 0.0173. The second kappa shape index (κ2) is 5.25. The van der Waals surface area contributed by atoms with Crippen LogP contribution < -0.4 is 5.73 Å². The summed E-state index contributed by atoms with van der Waals surface area (Å²) in [5.74, 6) is 0. The first-order valence-electron chi connectivity index (χ1n) is 7.31. The standard InChI is InChI=1S/C15H27N3O/c1-6-13(16)14-10(2)17-18(11(14)3)9-12-7-8-15(4,5)19-12/h12-13H,6-9,16H2,1-5H3. The van der Waals surface area contributed by atoms with Gasteiger partial charge in [-0.25, -0.2) is 0 Å². The Morgan fingerprint density at radius 3 is 2.68 bits per heavy atom. The van der Waals surface area contributed by atoms with Crippen LogP contribution in [-0.4, -0.2) is 21.5 Å². The van der Waals surface area contributed by atoms with Crippen molar-refractivity contribution in [1.29, 1.82) is 0 Å². The van der Waals surface area contributed by atoms with Crippen LogP contribution in [0.5, 0.6) is 0 Å². The average molecular weight is 265 g/mol. The Morgan fingerprint density at radius 1 is 1.47 bits per heavy atom. The lowest BCUT2D eigenvalue weighted by Gasteiger charge is -2.19. The van der Waals surface area contributed by atoms with Gasteiger partial charge in [-0.2, -0.15) is 5.10 Å². The van der Waals surface area contributed by atoms with Crippen molar-refractivity contribution in [3.8, 4) is 0 Å². The van der Waals surface area contributed by atoms with Crippen LogP contribution in [0.4, 0.5) is 0 Å². The zero-order valence-corrected chi connectivity index (χ0v) is 12.9. The van der Waals surface area contributed by atoms with E-state index >= 15 is 0 Å². The van der Waals surface area contributed by atoms with Crippen LogP contribution in [0.1, 0.15) is 63.0 Å². The zero-order valence-electron chi connectivity index (χ0n) is 12.9. The van der Waals surface area contributed by atoms with E-state index in [9.17, 15) is 0 Å². The number of nitrogens with zero attached hydrogens (tertiary/aromatic N) is 2. The molecule has 2 N–H and O–H groups in total. The Morgan fingerprint density at radius 2 is 2.16 bits per heavy atom. The van der Waals surface area contributed by atoms with Crippen molar-refractivity contribution in [2.45, 2.75) is 78.2 Å². The van der Waals surface area contributed by atoms with E-state index in [2.05, 4.69) is 37.5 Å². The maximum absolute atomic E-state index is 6.18. The SMILES string of the molecule is CCC(N)c1c(C)nn(CC2CCC(C)(C)O2)c1C. The minimum Gasteiger partial charge on any atom is -0.370 e. The molecule has 4 heteroatoms. The number of hydrogen-bond donors (Lipinski definition) is 1. The number of ether oxygens (including phenoxy) is 1. The summed E-state index contributed by atoms with van der Waals surface area (Å²) in [4.78, 5) is 0. The highest BCUT2D eigenvalue weighted by Crippen LogP contribution is 2.31. The molecule has 19 heavy (non-hydrogen) atoms. The van der Waals surface area contributed by atoms with Gasteiger partial charge in [0, 0.05) is 17.3 Å². The largest absolute Gasteiger partial charge is 0.370 e. The fourth-order valence-electron chi connectivity index (χ4n) is 3.03. The van der Waals surface area contributed by atoms with E-state index in [1.54, 1.807) is 0 Å². The number of nitrogens with two attached hydrogens (primary N) is 1. The highest BCUT2D eigenvalue weighted by molar-refractivity contribution is 5.27. The molecule has 0 aromatic carbocycles. The zero-order chi connectivity index (χ0) is 14.2. The van der Waals surface area contributed by atoms with Gasteiger partial charge in [0.15, 0.2) is 0 Å². The number of aryl methyl sites for hydroxylation is 1. The van der Waals surface area contributed by atoms with Gasteiger partial charge in [0.2, 0.25) is 0 Å². The maximum atomic E-state index is 6.18. The maximum Gasteiger partial charge on any atom is 0.0779 e. The van der Waals surface area contributed by atoms with E-state index < -0.39 is 0 Å². The number of hydrogen-bond acceptors (Lipinski definition) is 3. The topological polar surface area (TPSA) is 53.1 Å². The molecule has 0 amide bonds. The molecule has 1 aromatic heterocycles. The van der Waals surface area contributed by atoms with Crippen molar-refractivity contribution >= 4 is 0 Å².